The lowest BCUT2D eigenvalue weighted by atomic mass is 9.99. The molecule has 0 saturated heterocycles. The quantitative estimate of drug-likeness (QED) is 0.713. The summed E-state index contributed by atoms with van der Waals surface area (Å²) >= 11 is 0. The SMILES string of the molecule is CC(N)c1ccc(C(=O)Nc2ccncc2)cc1C#Cc1ccccc1. The van der Waals surface area contributed by atoms with Gasteiger partial charge in [-0.15, -0.1) is 0 Å². The van der Waals surface area contributed by atoms with E-state index in [-0.39, 0.29) is 11.9 Å². The second kappa shape index (κ2) is 8.11. The fourth-order valence-electron chi connectivity index (χ4n) is 2.50. The van der Waals surface area contributed by atoms with Gasteiger partial charge in [-0.2, -0.15) is 0 Å². The van der Waals surface area contributed by atoms with Gasteiger partial charge < -0.3 is 11.1 Å². The molecule has 0 aliphatic heterocycles. The van der Waals surface area contributed by atoms with Crippen LogP contribution in [0.15, 0.2) is 73.1 Å². The first-order valence-corrected chi connectivity index (χ1v) is 8.31. The number of amides is 1. The van der Waals surface area contributed by atoms with E-state index in [9.17, 15) is 4.79 Å². The molecular weight excluding hydrogens is 322 g/mol. The molecule has 1 unspecified atom stereocenters. The molecule has 3 rings (SSSR count). The van der Waals surface area contributed by atoms with Crippen molar-refractivity contribution in [3.8, 4) is 11.8 Å². The zero-order valence-electron chi connectivity index (χ0n) is 14.4. The molecule has 1 atom stereocenters. The molecule has 0 saturated carbocycles. The monoisotopic (exact) mass is 341 g/mol. The van der Waals surface area contributed by atoms with Crippen molar-refractivity contribution >= 4 is 11.6 Å². The third-order valence-corrected chi connectivity index (χ3v) is 3.86. The molecule has 0 aliphatic rings. The van der Waals surface area contributed by atoms with Crippen LogP contribution in [0.25, 0.3) is 0 Å². The molecule has 3 N–H and O–H groups in total. The molecule has 0 radical (unpaired) electrons. The van der Waals surface area contributed by atoms with E-state index in [0.29, 0.717) is 11.3 Å². The van der Waals surface area contributed by atoms with Crippen molar-refractivity contribution in [3.63, 3.8) is 0 Å². The van der Waals surface area contributed by atoms with Crippen molar-refractivity contribution in [2.75, 3.05) is 5.32 Å². The minimum absolute atomic E-state index is 0.174. The van der Waals surface area contributed by atoms with Crippen molar-refractivity contribution in [2.45, 2.75) is 13.0 Å². The second-order valence-corrected chi connectivity index (χ2v) is 5.90. The first kappa shape index (κ1) is 17.4. The summed E-state index contributed by atoms with van der Waals surface area (Å²) in [6, 6.07) is 18.4. The minimum Gasteiger partial charge on any atom is -0.324 e. The lowest BCUT2D eigenvalue weighted by molar-refractivity contribution is 0.102. The van der Waals surface area contributed by atoms with Gasteiger partial charge in [0.15, 0.2) is 0 Å². The topological polar surface area (TPSA) is 68.0 Å². The number of anilines is 1. The fraction of sp³-hybridized carbons (Fsp3) is 0.0909. The van der Waals surface area contributed by atoms with Crippen LogP contribution in [0.4, 0.5) is 5.69 Å². The third-order valence-electron chi connectivity index (χ3n) is 3.86. The molecule has 3 aromatic rings. The van der Waals surface area contributed by atoms with Crippen LogP contribution in [0.2, 0.25) is 0 Å². The molecule has 1 amide bonds. The predicted octanol–water partition coefficient (Wildman–Crippen LogP) is 3.75. The predicted molar refractivity (Wildman–Crippen MR) is 104 cm³/mol. The van der Waals surface area contributed by atoms with Gasteiger partial charge in [0.25, 0.3) is 5.91 Å². The van der Waals surface area contributed by atoms with E-state index in [1.807, 2.05) is 43.3 Å². The Hall–Kier alpha value is -3.42. The highest BCUT2D eigenvalue weighted by Gasteiger charge is 2.11. The summed E-state index contributed by atoms with van der Waals surface area (Å²) in [5.74, 6) is 6.08. The van der Waals surface area contributed by atoms with Crippen LogP contribution >= 0.6 is 0 Å². The number of carbonyl (C=O) groups is 1. The Labute approximate surface area is 153 Å². The lowest BCUT2D eigenvalue weighted by Crippen LogP contribution is -2.14. The van der Waals surface area contributed by atoms with Crippen LogP contribution in [-0.4, -0.2) is 10.9 Å². The molecule has 0 fully saturated rings. The fourth-order valence-corrected chi connectivity index (χ4v) is 2.50. The smallest absolute Gasteiger partial charge is 0.255 e. The Morgan fingerprint density at radius 1 is 1.04 bits per heavy atom. The summed E-state index contributed by atoms with van der Waals surface area (Å²) in [6.45, 7) is 1.90. The van der Waals surface area contributed by atoms with E-state index in [4.69, 9.17) is 5.73 Å². The molecule has 0 aliphatic carbocycles. The molecular formula is C22H19N3O. The van der Waals surface area contributed by atoms with Crippen LogP contribution in [0, 0.1) is 11.8 Å². The number of nitrogens with zero attached hydrogens (tertiary/aromatic N) is 1. The maximum absolute atomic E-state index is 12.5. The summed E-state index contributed by atoms with van der Waals surface area (Å²) in [5, 5.41) is 2.85. The number of carbonyl (C=O) groups excluding carboxylic acids is 1. The van der Waals surface area contributed by atoms with E-state index in [0.717, 1.165) is 16.7 Å². The maximum Gasteiger partial charge on any atom is 0.255 e. The number of nitrogens with one attached hydrogen (secondary N) is 1. The summed E-state index contributed by atoms with van der Waals surface area (Å²) < 4.78 is 0. The Morgan fingerprint density at radius 2 is 1.77 bits per heavy atom. The van der Waals surface area contributed by atoms with Crippen LogP contribution in [0.1, 0.15) is 40.0 Å². The van der Waals surface area contributed by atoms with Crippen LogP contribution < -0.4 is 11.1 Å². The van der Waals surface area contributed by atoms with Crippen LogP contribution in [-0.2, 0) is 0 Å². The highest BCUT2D eigenvalue weighted by Crippen LogP contribution is 2.18. The number of aromatic nitrogens is 1. The average Bonchev–Trinajstić information content (AvgIpc) is 2.67. The van der Waals surface area contributed by atoms with Crippen molar-refractivity contribution in [1.82, 2.24) is 4.98 Å². The van der Waals surface area contributed by atoms with Gasteiger partial charge in [-0.3, -0.25) is 9.78 Å². The van der Waals surface area contributed by atoms with Crippen LogP contribution in [0.3, 0.4) is 0 Å². The Balaban J connectivity index is 1.91. The van der Waals surface area contributed by atoms with Gasteiger partial charge in [0.2, 0.25) is 0 Å². The summed E-state index contributed by atoms with van der Waals surface area (Å²) in [6.07, 6.45) is 3.26. The van der Waals surface area contributed by atoms with Crippen molar-refractivity contribution in [2.24, 2.45) is 5.73 Å². The molecule has 128 valence electrons. The van der Waals surface area contributed by atoms with Crippen molar-refractivity contribution in [1.29, 1.82) is 0 Å². The molecule has 0 bridgehead atoms. The lowest BCUT2D eigenvalue weighted by Gasteiger charge is -2.11. The number of rotatable bonds is 3. The van der Waals surface area contributed by atoms with Gasteiger partial charge in [0, 0.05) is 40.8 Å². The first-order valence-electron chi connectivity index (χ1n) is 8.31. The van der Waals surface area contributed by atoms with E-state index in [1.165, 1.54) is 0 Å². The zero-order chi connectivity index (χ0) is 18.4. The number of hydrogen-bond acceptors (Lipinski definition) is 3. The van der Waals surface area contributed by atoms with E-state index in [2.05, 4.69) is 22.1 Å². The molecule has 4 heteroatoms. The molecule has 1 heterocycles. The van der Waals surface area contributed by atoms with Gasteiger partial charge in [0.05, 0.1) is 0 Å². The normalized spacial score (nSPS) is 11.2. The summed E-state index contributed by atoms with van der Waals surface area (Å²) in [7, 11) is 0. The van der Waals surface area contributed by atoms with E-state index >= 15 is 0 Å². The molecule has 26 heavy (non-hydrogen) atoms. The maximum atomic E-state index is 12.5. The third kappa shape index (κ3) is 4.35. The number of nitrogens with two attached hydrogens (primary N) is 1. The van der Waals surface area contributed by atoms with Gasteiger partial charge in [0.1, 0.15) is 0 Å². The van der Waals surface area contributed by atoms with Crippen molar-refractivity contribution in [3.05, 3.63) is 95.3 Å². The number of pyridine rings is 1. The second-order valence-electron chi connectivity index (χ2n) is 5.90. The van der Waals surface area contributed by atoms with E-state index in [1.54, 1.807) is 36.7 Å². The molecule has 4 nitrogen and oxygen atoms in total. The largest absolute Gasteiger partial charge is 0.324 e. The highest BCUT2D eigenvalue weighted by atomic mass is 16.1. The Kier molecular flexibility index (Phi) is 5.43. The minimum atomic E-state index is -0.199. The van der Waals surface area contributed by atoms with Gasteiger partial charge in [-0.25, -0.2) is 0 Å². The first-order chi connectivity index (χ1) is 12.6. The van der Waals surface area contributed by atoms with Gasteiger partial charge in [-0.1, -0.05) is 36.1 Å². The summed E-state index contributed by atoms with van der Waals surface area (Å²) in [5.41, 5.74) is 9.86. The molecule has 2 aromatic carbocycles. The Morgan fingerprint density at radius 3 is 2.46 bits per heavy atom. The van der Waals surface area contributed by atoms with E-state index < -0.39 is 0 Å². The van der Waals surface area contributed by atoms with Crippen LogP contribution in [0.5, 0.6) is 0 Å². The van der Waals surface area contributed by atoms with Gasteiger partial charge in [-0.05, 0) is 48.9 Å². The molecule has 1 aromatic heterocycles. The van der Waals surface area contributed by atoms with Crippen molar-refractivity contribution < 1.29 is 4.79 Å². The van der Waals surface area contributed by atoms with Gasteiger partial charge >= 0.3 is 0 Å². The number of benzene rings is 2. The average molecular weight is 341 g/mol. The zero-order valence-corrected chi connectivity index (χ0v) is 14.4. The standard InChI is InChI=1S/C22H19N3O/c1-16(23)21-10-9-19(22(26)25-20-11-13-24-14-12-20)15-18(21)8-7-17-5-3-2-4-6-17/h2-6,9-16H,23H2,1H3,(H,24,25,26). The number of hydrogen-bond donors (Lipinski definition) is 2. The highest BCUT2D eigenvalue weighted by molar-refractivity contribution is 6.04. The summed E-state index contributed by atoms with van der Waals surface area (Å²) in [4.78, 5) is 16.5. The molecule has 0 spiro atoms. The Bertz CT molecular complexity index is 955.